The molecule has 0 unspecified atom stereocenters. The van der Waals surface area contributed by atoms with Crippen molar-refractivity contribution >= 4 is 22.8 Å². The highest BCUT2D eigenvalue weighted by Crippen LogP contribution is 2.33. The smallest absolute Gasteiger partial charge is 0.340 e. The first-order valence-electron chi connectivity index (χ1n) is 11.9. The van der Waals surface area contributed by atoms with E-state index in [1.165, 1.54) is 12.8 Å². The zero-order valence-electron chi connectivity index (χ0n) is 20.1. The molecule has 0 atom stereocenters. The van der Waals surface area contributed by atoms with Crippen molar-refractivity contribution in [1.29, 1.82) is 0 Å². The minimum Gasteiger partial charge on any atom is -0.497 e. The van der Waals surface area contributed by atoms with E-state index in [9.17, 15) is 9.59 Å². The first kappa shape index (κ1) is 23.7. The average Bonchev–Trinajstić information content (AvgIpc) is 2.99. The van der Waals surface area contributed by atoms with Gasteiger partial charge < -0.3 is 23.7 Å². The number of aromatic nitrogens is 1. The molecule has 0 saturated carbocycles. The molecule has 0 N–H and O–H groups in total. The second-order valence-electron chi connectivity index (χ2n) is 8.48. The van der Waals surface area contributed by atoms with Gasteiger partial charge in [0.05, 0.1) is 24.8 Å². The number of carbonyl (C=O) groups excluding carboxylic acids is 2. The van der Waals surface area contributed by atoms with Crippen molar-refractivity contribution in [3.05, 3.63) is 53.7 Å². The van der Waals surface area contributed by atoms with Crippen LogP contribution in [0.3, 0.4) is 0 Å². The van der Waals surface area contributed by atoms with Crippen LogP contribution in [0.25, 0.3) is 16.6 Å². The maximum absolute atomic E-state index is 12.9. The summed E-state index contributed by atoms with van der Waals surface area (Å²) in [5, 5.41) is 0.728. The van der Waals surface area contributed by atoms with Gasteiger partial charge >= 0.3 is 5.97 Å². The third-order valence-electron chi connectivity index (χ3n) is 6.31. The summed E-state index contributed by atoms with van der Waals surface area (Å²) in [5.74, 6) is 0.927. The van der Waals surface area contributed by atoms with Crippen LogP contribution in [0.1, 0.15) is 48.7 Å². The molecule has 1 fully saturated rings. The van der Waals surface area contributed by atoms with Gasteiger partial charge in [-0.3, -0.25) is 4.79 Å². The van der Waals surface area contributed by atoms with Crippen molar-refractivity contribution in [2.45, 2.75) is 39.5 Å². The zero-order chi connectivity index (χ0) is 24.1. The van der Waals surface area contributed by atoms with Gasteiger partial charge in [0.1, 0.15) is 11.5 Å². The molecule has 1 saturated heterocycles. The molecule has 3 aromatic rings. The first-order chi connectivity index (χ1) is 16.5. The predicted octanol–water partition coefficient (Wildman–Crippen LogP) is 4.91. The molecule has 0 bridgehead atoms. The van der Waals surface area contributed by atoms with Gasteiger partial charge in [-0.25, -0.2) is 4.79 Å². The third-order valence-corrected chi connectivity index (χ3v) is 6.31. The van der Waals surface area contributed by atoms with E-state index in [1.807, 2.05) is 58.9 Å². The highest BCUT2D eigenvalue weighted by molar-refractivity contribution is 6.07. The normalized spacial score (nSPS) is 14.0. The largest absolute Gasteiger partial charge is 0.497 e. The SMILES string of the molecule is CCOC(=O)c1c(C)n(-c2ccc(OC)cc2)c2ccc(OCC(=O)N3CCCCCC3)cc12. The number of nitrogens with zero attached hydrogens (tertiary/aromatic N) is 2. The van der Waals surface area contributed by atoms with E-state index in [4.69, 9.17) is 14.2 Å². The molecule has 0 aliphatic carbocycles. The molecule has 180 valence electrons. The fourth-order valence-corrected chi connectivity index (χ4v) is 4.57. The van der Waals surface area contributed by atoms with Gasteiger partial charge in [-0.1, -0.05) is 12.8 Å². The molecule has 4 rings (SSSR count). The number of rotatable bonds is 7. The van der Waals surface area contributed by atoms with Crippen LogP contribution >= 0.6 is 0 Å². The molecule has 7 nitrogen and oxygen atoms in total. The number of amides is 1. The van der Waals surface area contributed by atoms with Gasteiger partial charge in [0.15, 0.2) is 6.61 Å². The van der Waals surface area contributed by atoms with E-state index in [1.54, 1.807) is 14.0 Å². The van der Waals surface area contributed by atoms with Crippen LogP contribution in [0.5, 0.6) is 11.5 Å². The van der Waals surface area contributed by atoms with Crippen molar-refractivity contribution < 1.29 is 23.8 Å². The second kappa shape index (κ2) is 10.6. The second-order valence-corrected chi connectivity index (χ2v) is 8.48. The number of esters is 1. The van der Waals surface area contributed by atoms with Gasteiger partial charge in [0, 0.05) is 29.9 Å². The number of carbonyl (C=O) groups is 2. The molecular formula is C27H32N2O5. The number of likely N-dealkylation sites (tertiary alicyclic amines) is 1. The summed E-state index contributed by atoms with van der Waals surface area (Å²) in [4.78, 5) is 27.4. The molecule has 1 amide bonds. The molecular weight excluding hydrogens is 432 g/mol. The lowest BCUT2D eigenvalue weighted by Crippen LogP contribution is -2.35. The molecule has 1 aliphatic rings. The number of fused-ring (bicyclic) bond motifs is 1. The Hall–Kier alpha value is -3.48. The van der Waals surface area contributed by atoms with Crippen molar-refractivity contribution in [1.82, 2.24) is 9.47 Å². The van der Waals surface area contributed by atoms with Gasteiger partial charge in [-0.05, 0) is 69.2 Å². The Balaban J connectivity index is 1.66. The summed E-state index contributed by atoms with van der Waals surface area (Å²) < 4.78 is 18.5. The average molecular weight is 465 g/mol. The Morgan fingerprint density at radius 3 is 2.26 bits per heavy atom. The van der Waals surface area contributed by atoms with Gasteiger partial charge in [0.25, 0.3) is 5.91 Å². The van der Waals surface area contributed by atoms with Crippen LogP contribution in [0, 0.1) is 6.92 Å². The third kappa shape index (κ3) is 4.88. The molecule has 2 heterocycles. The number of ether oxygens (including phenoxy) is 3. The van der Waals surface area contributed by atoms with Crippen molar-refractivity contribution in [2.24, 2.45) is 0 Å². The van der Waals surface area contributed by atoms with Crippen LogP contribution in [0.2, 0.25) is 0 Å². The fraction of sp³-hybridized carbons (Fsp3) is 0.407. The van der Waals surface area contributed by atoms with E-state index < -0.39 is 0 Å². The molecule has 7 heteroatoms. The Morgan fingerprint density at radius 1 is 0.941 bits per heavy atom. The summed E-state index contributed by atoms with van der Waals surface area (Å²) in [5.41, 5.74) is 3.04. The molecule has 1 aliphatic heterocycles. The predicted molar refractivity (Wildman–Crippen MR) is 131 cm³/mol. The summed E-state index contributed by atoms with van der Waals surface area (Å²) in [7, 11) is 1.63. The van der Waals surface area contributed by atoms with E-state index in [-0.39, 0.29) is 25.1 Å². The van der Waals surface area contributed by atoms with Crippen LogP contribution in [-0.4, -0.2) is 54.8 Å². The van der Waals surface area contributed by atoms with E-state index >= 15 is 0 Å². The number of hydrogen-bond acceptors (Lipinski definition) is 5. The van der Waals surface area contributed by atoms with Crippen molar-refractivity contribution in [2.75, 3.05) is 33.4 Å². The molecule has 0 spiro atoms. The number of benzene rings is 2. The Labute approximate surface area is 200 Å². The Kier molecular flexibility index (Phi) is 7.40. The lowest BCUT2D eigenvalue weighted by Gasteiger charge is -2.20. The first-order valence-corrected chi connectivity index (χ1v) is 11.9. The van der Waals surface area contributed by atoms with Crippen LogP contribution < -0.4 is 9.47 Å². The topological polar surface area (TPSA) is 70.0 Å². The van der Waals surface area contributed by atoms with Gasteiger partial charge in [0.2, 0.25) is 0 Å². The minimum absolute atomic E-state index is 0.000373. The highest BCUT2D eigenvalue weighted by atomic mass is 16.5. The Bertz CT molecular complexity index is 1160. The molecule has 34 heavy (non-hydrogen) atoms. The summed E-state index contributed by atoms with van der Waals surface area (Å²) in [6, 6.07) is 13.2. The van der Waals surface area contributed by atoms with E-state index in [2.05, 4.69) is 0 Å². The summed E-state index contributed by atoms with van der Waals surface area (Å²) >= 11 is 0. The maximum atomic E-state index is 12.9. The zero-order valence-corrected chi connectivity index (χ0v) is 20.1. The van der Waals surface area contributed by atoms with Crippen LogP contribution in [0.4, 0.5) is 0 Å². The summed E-state index contributed by atoms with van der Waals surface area (Å²) in [6.45, 7) is 5.54. The number of hydrogen-bond donors (Lipinski definition) is 0. The number of methoxy groups -OCH3 is 1. The summed E-state index contributed by atoms with van der Waals surface area (Å²) in [6.07, 6.45) is 4.42. The van der Waals surface area contributed by atoms with Gasteiger partial charge in [-0.2, -0.15) is 0 Å². The van der Waals surface area contributed by atoms with Gasteiger partial charge in [-0.15, -0.1) is 0 Å². The van der Waals surface area contributed by atoms with Crippen molar-refractivity contribution in [3.8, 4) is 17.2 Å². The van der Waals surface area contributed by atoms with Crippen LogP contribution in [-0.2, 0) is 9.53 Å². The highest BCUT2D eigenvalue weighted by Gasteiger charge is 2.23. The maximum Gasteiger partial charge on any atom is 0.340 e. The molecule has 2 aromatic carbocycles. The monoisotopic (exact) mass is 464 g/mol. The fourth-order valence-electron chi connectivity index (χ4n) is 4.57. The standard InChI is InChI=1S/C27H32N2O5/c1-4-33-27(31)26-19(2)29(20-9-11-21(32-3)12-10-20)24-14-13-22(17-23(24)26)34-18-25(30)28-15-7-5-6-8-16-28/h9-14,17H,4-8,15-16,18H2,1-3H3. The minimum atomic E-state index is -0.380. The van der Waals surface area contributed by atoms with E-state index in [0.717, 1.165) is 54.0 Å². The molecule has 0 radical (unpaired) electrons. The molecule has 1 aromatic heterocycles. The Morgan fingerprint density at radius 2 is 1.62 bits per heavy atom. The van der Waals surface area contributed by atoms with Crippen LogP contribution in [0.15, 0.2) is 42.5 Å². The van der Waals surface area contributed by atoms with Crippen molar-refractivity contribution in [3.63, 3.8) is 0 Å². The van der Waals surface area contributed by atoms with E-state index in [0.29, 0.717) is 11.3 Å². The lowest BCUT2D eigenvalue weighted by molar-refractivity contribution is -0.133. The quantitative estimate of drug-likeness (QED) is 0.465. The lowest BCUT2D eigenvalue weighted by atomic mass is 10.1.